The van der Waals surface area contributed by atoms with Gasteiger partial charge >= 0.3 is 0 Å². The molecule has 0 unspecified atom stereocenters. The molecule has 0 atom stereocenters. The highest BCUT2D eigenvalue weighted by Crippen LogP contribution is 2.00. The summed E-state index contributed by atoms with van der Waals surface area (Å²) in [4.78, 5) is 3.78. The molecule has 0 saturated heterocycles. The Labute approximate surface area is 80.2 Å². The lowest BCUT2D eigenvalue weighted by atomic mass is 9.71. The van der Waals surface area contributed by atoms with Gasteiger partial charge in [0.05, 0.1) is 0 Å². The molecule has 0 aliphatic rings. The van der Waals surface area contributed by atoms with E-state index in [1.54, 1.807) is 12.4 Å². The molecule has 1 nitrogen and oxygen atoms in total. The third kappa shape index (κ3) is 7.61. The van der Waals surface area contributed by atoms with Crippen molar-refractivity contribution >= 4 is 17.6 Å². The van der Waals surface area contributed by atoms with E-state index in [1.165, 1.54) is 0 Å². The molecule has 0 bridgehead atoms. The second-order valence-corrected chi connectivity index (χ2v) is 3.06. The Morgan fingerprint density at radius 3 is 1.67 bits per heavy atom. The molecule has 66 valence electrons. The summed E-state index contributed by atoms with van der Waals surface area (Å²) in [6.45, 7) is 4.20. The molecule has 0 amide bonds. The van der Waals surface area contributed by atoms with Crippen LogP contribution >= 0.6 is 11.5 Å². The molecule has 0 N–H and O–H groups in total. The van der Waals surface area contributed by atoms with Crippen molar-refractivity contribution in [3.63, 3.8) is 0 Å². The van der Waals surface area contributed by atoms with Crippen LogP contribution in [-0.4, -0.2) is 11.1 Å². The summed E-state index contributed by atoms with van der Waals surface area (Å²) < 4.78 is 0. The normalized spacial score (nSPS) is 8.25. The van der Waals surface area contributed by atoms with E-state index in [4.69, 9.17) is 11.5 Å². The third-order valence-electron chi connectivity index (χ3n) is 1.45. The SMILES string of the molecule is CCB(Cl)CC.c1ccncc1. The van der Waals surface area contributed by atoms with Gasteiger partial charge in [-0.05, 0) is 12.1 Å². The maximum atomic E-state index is 5.65. The Balaban J connectivity index is 0.000000202. The summed E-state index contributed by atoms with van der Waals surface area (Å²) >= 11 is 5.65. The minimum absolute atomic E-state index is 0.407. The lowest BCUT2D eigenvalue weighted by Gasteiger charge is -1.89. The molecule has 1 aromatic rings. The maximum absolute atomic E-state index is 5.65. The van der Waals surface area contributed by atoms with Crippen molar-refractivity contribution in [3.8, 4) is 0 Å². The summed E-state index contributed by atoms with van der Waals surface area (Å²) in [5.41, 5.74) is 0. The van der Waals surface area contributed by atoms with Crippen LogP contribution in [0.25, 0.3) is 0 Å². The van der Waals surface area contributed by atoms with Crippen LogP contribution in [0.5, 0.6) is 0 Å². The largest absolute Gasteiger partial charge is 0.265 e. The fourth-order valence-electron chi connectivity index (χ4n) is 0.601. The van der Waals surface area contributed by atoms with Gasteiger partial charge in [0.1, 0.15) is 0 Å². The van der Waals surface area contributed by atoms with Gasteiger partial charge in [-0.1, -0.05) is 32.6 Å². The Morgan fingerprint density at radius 1 is 1.08 bits per heavy atom. The van der Waals surface area contributed by atoms with Crippen molar-refractivity contribution in [2.75, 3.05) is 0 Å². The highest BCUT2D eigenvalue weighted by atomic mass is 35.5. The van der Waals surface area contributed by atoms with E-state index >= 15 is 0 Å². The first-order valence-electron chi connectivity index (χ1n) is 4.30. The second kappa shape index (κ2) is 8.60. The van der Waals surface area contributed by atoms with Crippen LogP contribution in [0.2, 0.25) is 12.6 Å². The minimum Gasteiger partial charge on any atom is -0.265 e. The first kappa shape index (κ1) is 11.5. The van der Waals surface area contributed by atoms with Crippen molar-refractivity contribution in [1.82, 2.24) is 4.98 Å². The smallest absolute Gasteiger partial charge is 0.250 e. The molecule has 0 aromatic carbocycles. The Bertz CT molecular complexity index is 139. The number of aromatic nitrogens is 1. The summed E-state index contributed by atoms with van der Waals surface area (Å²) in [6.07, 6.45) is 6.10. The van der Waals surface area contributed by atoms with E-state index in [0.717, 1.165) is 12.6 Å². The molecule has 0 fully saturated rings. The van der Waals surface area contributed by atoms with Crippen LogP contribution in [0.4, 0.5) is 0 Å². The lowest BCUT2D eigenvalue weighted by Crippen LogP contribution is -1.95. The van der Waals surface area contributed by atoms with Gasteiger partial charge in [-0.3, -0.25) is 4.98 Å². The number of hydrogen-bond acceptors (Lipinski definition) is 1. The average molecular weight is 183 g/mol. The van der Waals surface area contributed by atoms with E-state index < -0.39 is 0 Å². The van der Waals surface area contributed by atoms with Crippen LogP contribution < -0.4 is 0 Å². The number of nitrogens with zero attached hydrogens (tertiary/aromatic N) is 1. The van der Waals surface area contributed by atoms with Gasteiger partial charge < -0.3 is 0 Å². The number of hydrogen-bond donors (Lipinski definition) is 0. The third-order valence-corrected chi connectivity index (χ3v) is 2.07. The molecule has 0 aliphatic heterocycles. The van der Waals surface area contributed by atoms with Crippen molar-refractivity contribution in [2.45, 2.75) is 26.5 Å². The van der Waals surface area contributed by atoms with Gasteiger partial charge in [0.15, 0.2) is 0 Å². The zero-order valence-corrected chi connectivity index (χ0v) is 8.46. The predicted octanol–water partition coefficient (Wildman–Crippen LogP) is 3.34. The fraction of sp³-hybridized carbons (Fsp3) is 0.444. The Morgan fingerprint density at radius 2 is 1.58 bits per heavy atom. The predicted molar refractivity (Wildman–Crippen MR) is 56.8 cm³/mol. The molecular formula is C9H15BClN. The van der Waals surface area contributed by atoms with E-state index in [0.29, 0.717) is 6.13 Å². The van der Waals surface area contributed by atoms with E-state index in [9.17, 15) is 0 Å². The molecule has 3 heteroatoms. The Kier molecular flexibility index (Phi) is 8.25. The molecule has 0 saturated carbocycles. The molecular weight excluding hydrogens is 168 g/mol. The molecule has 0 aliphatic carbocycles. The van der Waals surface area contributed by atoms with Crippen LogP contribution in [0.3, 0.4) is 0 Å². The summed E-state index contributed by atoms with van der Waals surface area (Å²) in [6, 6.07) is 5.72. The lowest BCUT2D eigenvalue weighted by molar-refractivity contribution is 1.33. The molecule has 1 rings (SSSR count). The average Bonchev–Trinajstić information content (AvgIpc) is 2.20. The van der Waals surface area contributed by atoms with Crippen molar-refractivity contribution in [1.29, 1.82) is 0 Å². The highest BCUT2D eigenvalue weighted by molar-refractivity contribution is 7.06. The first-order chi connectivity index (χ1) is 5.81. The van der Waals surface area contributed by atoms with Gasteiger partial charge in [-0.25, -0.2) is 0 Å². The van der Waals surface area contributed by atoms with Gasteiger partial charge in [0, 0.05) is 12.4 Å². The van der Waals surface area contributed by atoms with Crippen molar-refractivity contribution in [3.05, 3.63) is 30.6 Å². The summed E-state index contributed by atoms with van der Waals surface area (Å²) in [7, 11) is 0. The van der Waals surface area contributed by atoms with Crippen LogP contribution in [0, 0.1) is 0 Å². The molecule has 1 aromatic heterocycles. The zero-order chi connectivity index (χ0) is 9.23. The number of pyridine rings is 1. The second-order valence-electron chi connectivity index (χ2n) is 2.44. The highest BCUT2D eigenvalue weighted by Gasteiger charge is 1.99. The number of rotatable bonds is 2. The van der Waals surface area contributed by atoms with E-state index in [1.807, 2.05) is 18.2 Å². The molecule has 0 spiro atoms. The topological polar surface area (TPSA) is 12.9 Å². The van der Waals surface area contributed by atoms with Gasteiger partial charge in [-0.2, -0.15) is 11.5 Å². The quantitative estimate of drug-likeness (QED) is 0.641. The monoisotopic (exact) mass is 183 g/mol. The van der Waals surface area contributed by atoms with Crippen molar-refractivity contribution in [2.24, 2.45) is 0 Å². The standard InChI is InChI=1S/C5H5N.C4H10BCl/c1-2-4-6-5-3-1;1-3-5(6)4-2/h1-5H;3-4H2,1-2H3. The van der Waals surface area contributed by atoms with E-state index in [2.05, 4.69) is 18.8 Å². The van der Waals surface area contributed by atoms with Crippen molar-refractivity contribution < 1.29 is 0 Å². The van der Waals surface area contributed by atoms with Crippen LogP contribution in [0.15, 0.2) is 30.6 Å². The molecule has 12 heavy (non-hydrogen) atoms. The van der Waals surface area contributed by atoms with Gasteiger partial charge in [-0.15, -0.1) is 0 Å². The summed E-state index contributed by atoms with van der Waals surface area (Å²) in [5, 5.41) is 0. The van der Waals surface area contributed by atoms with E-state index in [-0.39, 0.29) is 0 Å². The number of halogens is 1. The Hall–Kier alpha value is -0.495. The first-order valence-corrected chi connectivity index (χ1v) is 4.74. The minimum atomic E-state index is 0.407. The molecule has 1 heterocycles. The van der Waals surface area contributed by atoms with Gasteiger partial charge in [0.2, 0.25) is 6.13 Å². The fourth-order valence-corrected chi connectivity index (χ4v) is 0.601. The van der Waals surface area contributed by atoms with Gasteiger partial charge in [0.25, 0.3) is 0 Å². The van der Waals surface area contributed by atoms with Crippen LogP contribution in [-0.2, 0) is 0 Å². The zero-order valence-electron chi connectivity index (χ0n) is 7.70. The molecule has 0 radical (unpaired) electrons. The maximum Gasteiger partial charge on any atom is 0.250 e. The summed E-state index contributed by atoms with van der Waals surface area (Å²) in [5.74, 6) is 0. The van der Waals surface area contributed by atoms with Crippen LogP contribution in [0.1, 0.15) is 13.8 Å².